The minimum atomic E-state index is -0.945. The van der Waals surface area contributed by atoms with Crippen LogP contribution in [-0.4, -0.2) is 22.6 Å². The largest absolute Gasteiger partial charge is 0.478 e. The van der Waals surface area contributed by atoms with Gasteiger partial charge in [0, 0.05) is 18.9 Å². The second kappa shape index (κ2) is 7.12. The molecular formula is C15H24N2O2. The van der Waals surface area contributed by atoms with E-state index in [1.165, 1.54) is 25.5 Å². The van der Waals surface area contributed by atoms with Crippen molar-refractivity contribution in [2.24, 2.45) is 5.41 Å². The summed E-state index contributed by atoms with van der Waals surface area (Å²) in [6, 6.07) is 1.71. The smallest absolute Gasteiger partial charge is 0.339 e. The van der Waals surface area contributed by atoms with Crippen LogP contribution in [0.2, 0.25) is 0 Å². The first kappa shape index (κ1) is 15.5. The van der Waals surface area contributed by atoms with Crippen molar-refractivity contribution in [3.05, 3.63) is 24.0 Å². The fourth-order valence-electron chi connectivity index (χ4n) is 2.00. The Hall–Kier alpha value is -1.58. The number of rotatable bonds is 8. The lowest BCUT2D eigenvalue weighted by Crippen LogP contribution is -2.24. The first-order valence-corrected chi connectivity index (χ1v) is 6.87. The molecule has 1 rings (SSSR count). The van der Waals surface area contributed by atoms with Crippen LogP contribution in [0.3, 0.4) is 0 Å². The van der Waals surface area contributed by atoms with Gasteiger partial charge in [0.25, 0.3) is 0 Å². The summed E-state index contributed by atoms with van der Waals surface area (Å²) in [6.07, 6.45) is 7.82. The highest BCUT2D eigenvalue weighted by atomic mass is 16.4. The second-order valence-corrected chi connectivity index (χ2v) is 5.70. The molecule has 1 aromatic heterocycles. The van der Waals surface area contributed by atoms with Gasteiger partial charge in [0.05, 0.1) is 5.69 Å². The Morgan fingerprint density at radius 1 is 1.42 bits per heavy atom. The maximum atomic E-state index is 11.1. The molecule has 0 saturated heterocycles. The quantitative estimate of drug-likeness (QED) is 0.701. The summed E-state index contributed by atoms with van der Waals surface area (Å²) in [7, 11) is 0. The Kier molecular flexibility index (Phi) is 5.80. The fourth-order valence-corrected chi connectivity index (χ4v) is 2.00. The molecule has 4 heteroatoms. The zero-order valence-corrected chi connectivity index (χ0v) is 12.1. The highest BCUT2D eigenvalue weighted by Gasteiger charge is 2.18. The molecule has 1 heterocycles. The van der Waals surface area contributed by atoms with Crippen LogP contribution < -0.4 is 5.32 Å². The maximum absolute atomic E-state index is 11.1. The van der Waals surface area contributed by atoms with Crippen molar-refractivity contribution in [1.29, 1.82) is 0 Å². The molecule has 0 spiro atoms. The molecule has 0 fully saturated rings. The molecule has 0 radical (unpaired) electrons. The molecule has 0 atom stereocenters. The van der Waals surface area contributed by atoms with Crippen LogP contribution in [0.4, 0.5) is 5.69 Å². The third-order valence-corrected chi connectivity index (χ3v) is 3.27. The van der Waals surface area contributed by atoms with Crippen LogP contribution in [-0.2, 0) is 0 Å². The zero-order chi connectivity index (χ0) is 14.3. The summed E-state index contributed by atoms with van der Waals surface area (Å²) in [6.45, 7) is 7.37. The molecule has 0 bridgehead atoms. The lowest BCUT2D eigenvalue weighted by Gasteiger charge is -2.26. The topological polar surface area (TPSA) is 62.2 Å². The van der Waals surface area contributed by atoms with Crippen molar-refractivity contribution in [2.75, 3.05) is 11.9 Å². The lowest BCUT2D eigenvalue weighted by atomic mass is 9.87. The third kappa shape index (κ3) is 5.28. The van der Waals surface area contributed by atoms with Gasteiger partial charge in [0.15, 0.2) is 0 Å². The lowest BCUT2D eigenvalue weighted by molar-refractivity contribution is 0.0697. The fraction of sp³-hybridized carbons (Fsp3) is 0.600. The molecule has 0 saturated carbocycles. The number of hydrogen-bond donors (Lipinski definition) is 2. The predicted molar refractivity (Wildman–Crippen MR) is 77.6 cm³/mol. The van der Waals surface area contributed by atoms with E-state index in [1.54, 1.807) is 12.3 Å². The number of carbonyl (C=O) groups is 1. The van der Waals surface area contributed by atoms with Gasteiger partial charge in [-0.15, -0.1) is 0 Å². The molecule has 0 amide bonds. The Morgan fingerprint density at radius 3 is 2.79 bits per heavy atom. The van der Waals surface area contributed by atoms with Crippen molar-refractivity contribution in [3.8, 4) is 0 Å². The van der Waals surface area contributed by atoms with Crippen molar-refractivity contribution < 1.29 is 9.90 Å². The number of aromatic carboxylic acids is 1. The maximum Gasteiger partial charge on any atom is 0.339 e. The average Bonchev–Trinajstić information content (AvgIpc) is 2.37. The van der Waals surface area contributed by atoms with Crippen LogP contribution >= 0.6 is 0 Å². The van der Waals surface area contributed by atoms with Crippen LogP contribution in [0, 0.1) is 5.41 Å². The van der Waals surface area contributed by atoms with Gasteiger partial charge in [-0.05, 0) is 17.9 Å². The van der Waals surface area contributed by atoms with Gasteiger partial charge in [-0.2, -0.15) is 0 Å². The van der Waals surface area contributed by atoms with Crippen molar-refractivity contribution in [3.63, 3.8) is 0 Å². The summed E-state index contributed by atoms with van der Waals surface area (Å²) in [5.41, 5.74) is 1.03. The SMILES string of the molecule is CCCCCC(C)(C)CNc1ccncc1C(=O)O. The van der Waals surface area contributed by atoms with Crippen LogP contribution in [0.25, 0.3) is 0 Å². The number of pyridine rings is 1. The van der Waals surface area contributed by atoms with Crippen LogP contribution in [0.15, 0.2) is 18.5 Å². The number of carboxylic acids is 1. The number of nitrogens with one attached hydrogen (secondary N) is 1. The van der Waals surface area contributed by atoms with E-state index >= 15 is 0 Å². The highest BCUT2D eigenvalue weighted by molar-refractivity contribution is 5.93. The first-order chi connectivity index (χ1) is 8.96. The van der Waals surface area contributed by atoms with E-state index < -0.39 is 5.97 Å². The number of aromatic nitrogens is 1. The second-order valence-electron chi connectivity index (χ2n) is 5.70. The molecule has 1 aromatic rings. The molecule has 0 aromatic carbocycles. The van der Waals surface area contributed by atoms with E-state index in [4.69, 9.17) is 5.11 Å². The first-order valence-electron chi connectivity index (χ1n) is 6.87. The van der Waals surface area contributed by atoms with E-state index in [-0.39, 0.29) is 11.0 Å². The van der Waals surface area contributed by atoms with Crippen molar-refractivity contribution in [2.45, 2.75) is 46.5 Å². The van der Waals surface area contributed by atoms with Gasteiger partial charge < -0.3 is 10.4 Å². The molecular weight excluding hydrogens is 240 g/mol. The number of nitrogens with zero attached hydrogens (tertiary/aromatic N) is 1. The monoisotopic (exact) mass is 264 g/mol. The third-order valence-electron chi connectivity index (χ3n) is 3.27. The number of carboxylic acid groups (broad SMARTS) is 1. The Labute approximate surface area is 115 Å². The van der Waals surface area contributed by atoms with E-state index in [0.717, 1.165) is 13.0 Å². The van der Waals surface area contributed by atoms with Gasteiger partial charge in [-0.3, -0.25) is 4.98 Å². The molecule has 0 unspecified atom stereocenters. The van der Waals surface area contributed by atoms with Crippen molar-refractivity contribution >= 4 is 11.7 Å². The van der Waals surface area contributed by atoms with E-state index in [2.05, 4.69) is 31.1 Å². The molecule has 0 aliphatic rings. The van der Waals surface area contributed by atoms with Crippen LogP contribution in [0.1, 0.15) is 56.8 Å². The van der Waals surface area contributed by atoms with E-state index in [1.807, 2.05) is 0 Å². The highest BCUT2D eigenvalue weighted by Crippen LogP contribution is 2.25. The van der Waals surface area contributed by atoms with Gasteiger partial charge in [-0.25, -0.2) is 4.79 Å². The normalized spacial score (nSPS) is 11.3. The van der Waals surface area contributed by atoms with Gasteiger partial charge >= 0.3 is 5.97 Å². The van der Waals surface area contributed by atoms with Crippen molar-refractivity contribution in [1.82, 2.24) is 4.98 Å². The molecule has 19 heavy (non-hydrogen) atoms. The molecule has 106 valence electrons. The number of anilines is 1. The number of unbranched alkanes of at least 4 members (excludes halogenated alkanes) is 2. The molecule has 2 N–H and O–H groups in total. The average molecular weight is 264 g/mol. The Balaban J connectivity index is 2.58. The Bertz CT molecular complexity index is 416. The van der Waals surface area contributed by atoms with E-state index in [9.17, 15) is 4.79 Å². The summed E-state index contributed by atoms with van der Waals surface area (Å²) in [5, 5.41) is 12.3. The van der Waals surface area contributed by atoms with E-state index in [0.29, 0.717) is 5.69 Å². The summed E-state index contributed by atoms with van der Waals surface area (Å²) in [5.74, 6) is -0.945. The summed E-state index contributed by atoms with van der Waals surface area (Å²) in [4.78, 5) is 14.9. The molecule has 4 nitrogen and oxygen atoms in total. The van der Waals surface area contributed by atoms with Gasteiger partial charge in [-0.1, -0.05) is 40.0 Å². The summed E-state index contributed by atoms with van der Waals surface area (Å²) < 4.78 is 0. The molecule has 0 aliphatic carbocycles. The van der Waals surface area contributed by atoms with Crippen LogP contribution in [0.5, 0.6) is 0 Å². The Morgan fingerprint density at radius 2 is 2.16 bits per heavy atom. The minimum absolute atomic E-state index is 0.161. The van der Waals surface area contributed by atoms with Gasteiger partial charge in [0.2, 0.25) is 0 Å². The standard InChI is InChI=1S/C15H24N2O2/c1-4-5-6-8-15(2,3)11-17-13-7-9-16-10-12(13)14(18)19/h7,9-10H,4-6,8,11H2,1-3H3,(H,16,17)(H,18,19). The predicted octanol–water partition coefficient (Wildman–Crippen LogP) is 3.80. The number of hydrogen-bond acceptors (Lipinski definition) is 3. The minimum Gasteiger partial charge on any atom is -0.478 e. The van der Waals surface area contributed by atoms with Gasteiger partial charge in [0.1, 0.15) is 5.56 Å². The summed E-state index contributed by atoms with van der Waals surface area (Å²) >= 11 is 0. The molecule has 0 aliphatic heterocycles. The zero-order valence-electron chi connectivity index (χ0n) is 12.1.